The Morgan fingerprint density at radius 2 is 2.00 bits per heavy atom. The molecule has 0 aliphatic carbocycles. The zero-order chi connectivity index (χ0) is 13.1. The Balaban J connectivity index is 2.08. The monoisotopic (exact) mass is 270 g/mol. The van der Waals surface area contributed by atoms with Crippen LogP contribution in [0.3, 0.4) is 0 Å². The molecule has 2 heterocycles. The lowest BCUT2D eigenvalue weighted by atomic mass is 10.1. The van der Waals surface area contributed by atoms with E-state index in [0.717, 1.165) is 23.0 Å². The molecule has 0 radical (unpaired) electrons. The van der Waals surface area contributed by atoms with Gasteiger partial charge in [-0.2, -0.15) is 0 Å². The van der Waals surface area contributed by atoms with Crippen molar-refractivity contribution in [1.82, 2.24) is 10.3 Å². The molecular formula is C15H14N2OS. The van der Waals surface area contributed by atoms with Gasteiger partial charge in [-0.25, -0.2) is 4.98 Å². The fraction of sp³-hybridized carbons (Fsp3) is 0.133. The molecule has 0 aliphatic heterocycles. The number of thiazole rings is 1. The first kappa shape index (κ1) is 12.1. The van der Waals surface area contributed by atoms with E-state index in [2.05, 4.69) is 22.4 Å². The van der Waals surface area contributed by atoms with Crippen LogP contribution in [0.1, 0.15) is 5.69 Å². The van der Waals surface area contributed by atoms with Crippen LogP contribution >= 0.6 is 11.3 Å². The predicted octanol–water partition coefficient (Wildman–Crippen LogP) is 3.79. The second-order valence-electron chi connectivity index (χ2n) is 4.17. The Hall–Kier alpha value is -1.91. The molecule has 1 aromatic carbocycles. The molecule has 0 aliphatic rings. The lowest BCUT2D eigenvalue weighted by Crippen LogP contribution is -2.06. The number of hydrogen-bond acceptors (Lipinski definition) is 4. The molecule has 2 aromatic heterocycles. The fourth-order valence-electron chi connectivity index (χ4n) is 1.96. The van der Waals surface area contributed by atoms with Crippen molar-refractivity contribution in [3.63, 3.8) is 0 Å². The zero-order valence-electron chi connectivity index (χ0n) is 10.6. The Kier molecular flexibility index (Phi) is 3.44. The summed E-state index contributed by atoms with van der Waals surface area (Å²) in [5.74, 6) is 0.824. The summed E-state index contributed by atoms with van der Waals surface area (Å²) < 4.78 is 5.43. The number of hydrogen-bond donors (Lipinski definition) is 1. The molecule has 96 valence electrons. The number of nitrogens with zero attached hydrogens (tertiary/aromatic N) is 1. The van der Waals surface area contributed by atoms with Crippen molar-refractivity contribution in [2.24, 2.45) is 0 Å². The minimum absolute atomic E-state index is 0.751. The molecule has 0 amide bonds. The summed E-state index contributed by atoms with van der Waals surface area (Å²) >= 11 is 1.67. The predicted molar refractivity (Wildman–Crippen MR) is 78.0 cm³/mol. The number of rotatable bonds is 4. The van der Waals surface area contributed by atoms with Gasteiger partial charge in [0.1, 0.15) is 0 Å². The number of furan rings is 1. The second-order valence-corrected chi connectivity index (χ2v) is 5.17. The van der Waals surface area contributed by atoms with Crippen molar-refractivity contribution in [1.29, 1.82) is 0 Å². The third-order valence-corrected chi connectivity index (χ3v) is 3.97. The average molecular weight is 270 g/mol. The molecule has 19 heavy (non-hydrogen) atoms. The van der Waals surface area contributed by atoms with Gasteiger partial charge in [-0.1, -0.05) is 30.3 Å². The minimum Gasteiger partial charge on any atom is -0.462 e. The molecule has 3 nitrogen and oxygen atoms in total. The summed E-state index contributed by atoms with van der Waals surface area (Å²) in [5, 5.41) is 4.09. The van der Waals surface area contributed by atoms with Gasteiger partial charge in [0.2, 0.25) is 0 Å². The van der Waals surface area contributed by atoms with Gasteiger partial charge in [0.05, 0.1) is 16.8 Å². The quantitative estimate of drug-likeness (QED) is 0.784. The van der Waals surface area contributed by atoms with Gasteiger partial charge >= 0.3 is 0 Å². The van der Waals surface area contributed by atoms with Crippen LogP contribution in [0.25, 0.3) is 21.2 Å². The Morgan fingerprint density at radius 1 is 1.16 bits per heavy atom. The molecular weight excluding hydrogens is 256 g/mol. The van der Waals surface area contributed by atoms with Crippen molar-refractivity contribution < 1.29 is 4.42 Å². The van der Waals surface area contributed by atoms with Gasteiger partial charge in [0.25, 0.3) is 0 Å². The van der Waals surface area contributed by atoms with Gasteiger partial charge in [-0.15, -0.1) is 11.3 Å². The first-order valence-corrected chi connectivity index (χ1v) is 6.93. The molecule has 0 saturated carbocycles. The Labute approximate surface area is 115 Å². The van der Waals surface area contributed by atoms with Crippen molar-refractivity contribution in [2.45, 2.75) is 6.54 Å². The highest BCUT2D eigenvalue weighted by molar-refractivity contribution is 7.18. The van der Waals surface area contributed by atoms with E-state index in [-0.39, 0.29) is 0 Å². The lowest BCUT2D eigenvalue weighted by Gasteiger charge is -2.00. The maximum absolute atomic E-state index is 5.43. The third kappa shape index (κ3) is 2.45. The molecule has 0 spiro atoms. The van der Waals surface area contributed by atoms with E-state index in [1.54, 1.807) is 17.6 Å². The summed E-state index contributed by atoms with van der Waals surface area (Å²) in [6, 6.07) is 14.2. The van der Waals surface area contributed by atoms with Gasteiger partial charge in [-0.05, 0) is 24.7 Å². The third-order valence-electron chi connectivity index (χ3n) is 2.81. The van der Waals surface area contributed by atoms with Crippen LogP contribution in [0, 0.1) is 0 Å². The number of nitrogens with one attached hydrogen (secondary N) is 1. The lowest BCUT2D eigenvalue weighted by molar-refractivity contribution is 0.581. The Morgan fingerprint density at radius 3 is 2.68 bits per heavy atom. The molecule has 3 rings (SSSR count). The summed E-state index contributed by atoms with van der Waals surface area (Å²) in [6.45, 7) is 0.751. The Bertz CT molecular complexity index is 644. The van der Waals surface area contributed by atoms with Crippen LogP contribution < -0.4 is 5.32 Å². The molecule has 0 atom stereocenters. The van der Waals surface area contributed by atoms with Gasteiger partial charge < -0.3 is 9.73 Å². The first-order valence-electron chi connectivity index (χ1n) is 6.12. The van der Waals surface area contributed by atoms with Gasteiger partial charge in [0.15, 0.2) is 10.8 Å². The van der Waals surface area contributed by atoms with E-state index in [4.69, 9.17) is 4.42 Å². The highest BCUT2D eigenvalue weighted by Crippen LogP contribution is 2.35. The number of benzene rings is 1. The first-order chi connectivity index (χ1) is 9.38. The van der Waals surface area contributed by atoms with Crippen LogP contribution in [0.15, 0.2) is 53.1 Å². The molecule has 1 N–H and O–H groups in total. The van der Waals surface area contributed by atoms with Crippen LogP contribution in [0.4, 0.5) is 0 Å². The minimum atomic E-state index is 0.751. The summed E-state index contributed by atoms with van der Waals surface area (Å²) in [6.07, 6.45) is 1.68. The average Bonchev–Trinajstić information content (AvgIpc) is 3.08. The van der Waals surface area contributed by atoms with Crippen LogP contribution in [-0.4, -0.2) is 12.0 Å². The maximum Gasteiger partial charge on any atom is 0.162 e. The van der Waals surface area contributed by atoms with Crippen molar-refractivity contribution in [3.8, 4) is 21.2 Å². The van der Waals surface area contributed by atoms with Crippen molar-refractivity contribution >= 4 is 11.3 Å². The molecule has 3 aromatic rings. The van der Waals surface area contributed by atoms with E-state index in [0.29, 0.717) is 0 Å². The van der Waals surface area contributed by atoms with E-state index in [1.807, 2.05) is 37.4 Å². The van der Waals surface area contributed by atoms with E-state index in [1.165, 1.54) is 10.4 Å². The normalized spacial score (nSPS) is 10.8. The van der Waals surface area contributed by atoms with Crippen LogP contribution in [-0.2, 0) is 6.54 Å². The van der Waals surface area contributed by atoms with Crippen molar-refractivity contribution in [3.05, 3.63) is 54.4 Å². The molecule has 0 fully saturated rings. The van der Waals surface area contributed by atoms with E-state index >= 15 is 0 Å². The summed E-state index contributed by atoms with van der Waals surface area (Å²) in [4.78, 5) is 5.88. The fourth-order valence-corrected chi connectivity index (χ4v) is 3.02. The largest absolute Gasteiger partial charge is 0.462 e. The highest BCUT2D eigenvalue weighted by atomic mass is 32.1. The standard InChI is InChI=1S/C15H14N2OS/c1-16-10-12-14(11-6-3-2-4-7-11)19-15(17-12)13-8-5-9-18-13/h2-9,16H,10H2,1H3. The summed E-state index contributed by atoms with van der Waals surface area (Å²) in [7, 11) is 1.93. The zero-order valence-corrected chi connectivity index (χ0v) is 11.4. The SMILES string of the molecule is CNCc1nc(-c2ccco2)sc1-c1ccccc1. The topological polar surface area (TPSA) is 38.1 Å². The highest BCUT2D eigenvalue weighted by Gasteiger charge is 2.14. The number of aromatic nitrogens is 1. The molecule has 0 saturated heterocycles. The van der Waals surface area contributed by atoms with E-state index in [9.17, 15) is 0 Å². The van der Waals surface area contributed by atoms with Crippen molar-refractivity contribution in [2.75, 3.05) is 7.05 Å². The van der Waals surface area contributed by atoms with Crippen LogP contribution in [0.5, 0.6) is 0 Å². The summed E-state index contributed by atoms with van der Waals surface area (Å²) in [5.41, 5.74) is 2.26. The second kappa shape index (κ2) is 5.38. The molecule has 0 unspecified atom stereocenters. The van der Waals surface area contributed by atoms with E-state index < -0.39 is 0 Å². The van der Waals surface area contributed by atoms with Crippen LogP contribution in [0.2, 0.25) is 0 Å². The van der Waals surface area contributed by atoms with Gasteiger partial charge in [0, 0.05) is 6.54 Å². The molecule has 4 heteroatoms. The molecule has 0 bridgehead atoms. The maximum atomic E-state index is 5.43. The van der Waals surface area contributed by atoms with Gasteiger partial charge in [-0.3, -0.25) is 0 Å². The smallest absolute Gasteiger partial charge is 0.162 e.